The van der Waals surface area contributed by atoms with Crippen LogP contribution in [0.25, 0.3) is 11.0 Å². The molecule has 0 atom stereocenters. The topological polar surface area (TPSA) is 87.2 Å². The van der Waals surface area contributed by atoms with Gasteiger partial charge in [-0.25, -0.2) is 0 Å². The molecule has 9 heteroatoms. The van der Waals surface area contributed by atoms with Crippen LogP contribution in [0.1, 0.15) is 0 Å². The van der Waals surface area contributed by atoms with Gasteiger partial charge in [0.1, 0.15) is 0 Å². The normalized spacial score (nSPS) is 17.7. The number of hydrogen-bond donors (Lipinski definition) is 2. The van der Waals surface area contributed by atoms with E-state index in [-0.39, 0.29) is 15.0 Å². The first-order chi connectivity index (χ1) is 9.17. The second-order valence-corrected chi connectivity index (χ2v) is 6.97. The van der Waals surface area contributed by atoms with Crippen LogP contribution in [0.3, 0.4) is 0 Å². The average Bonchev–Trinajstić information content (AvgIpc) is 2.89. The third-order valence-corrected chi connectivity index (χ3v) is 5.60. The number of piperazine rings is 1. The zero-order chi connectivity index (χ0) is 13.3. The zero-order valence-electron chi connectivity index (χ0n) is 10.0. The van der Waals surface area contributed by atoms with Crippen LogP contribution in [0.15, 0.2) is 18.2 Å². The van der Waals surface area contributed by atoms with Crippen molar-refractivity contribution in [2.75, 3.05) is 30.9 Å². The number of nitrogens with zero attached hydrogens (tertiary/aromatic N) is 3. The summed E-state index contributed by atoms with van der Waals surface area (Å²) in [7, 11) is -3.51. The van der Waals surface area contributed by atoms with Gasteiger partial charge in [0.05, 0.1) is 0 Å². The number of hydrogen-bond acceptors (Lipinski definition) is 5. The molecule has 1 aromatic carbocycles. The fraction of sp³-hybridized carbons (Fsp3) is 0.400. The van der Waals surface area contributed by atoms with Crippen LogP contribution < -0.4 is 10.0 Å². The summed E-state index contributed by atoms with van der Waals surface area (Å²) in [4.78, 5) is 0. The van der Waals surface area contributed by atoms with E-state index in [0.717, 1.165) is 5.52 Å². The van der Waals surface area contributed by atoms with E-state index in [1.807, 2.05) is 6.07 Å². The molecule has 0 bridgehead atoms. The van der Waals surface area contributed by atoms with Crippen molar-refractivity contribution in [3.8, 4) is 0 Å². The Morgan fingerprint density at radius 2 is 2.05 bits per heavy atom. The number of benzene rings is 1. The van der Waals surface area contributed by atoms with E-state index in [4.69, 9.17) is 0 Å². The average molecular weight is 346 g/mol. The van der Waals surface area contributed by atoms with Gasteiger partial charge in [0.25, 0.3) is 0 Å². The Morgan fingerprint density at radius 3 is 2.84 bits per heavy atom. The van der Waals surface area contributed by atoms with E-state index in [1.165, 1.54) is 4.31 Å². The van der Waals surface area contributed by atoms with Crippen LogP contribution in [0.5, 0.6) is 0 Å². The molecule has 0 radical (unpaired) electrons. The Morgan fingerprint density at radius 1 is 1.26 bits per heavy atom. The first kappa shape index (κ1) is 13.0. The van der Waals surface area contributed by atoms with Crippen molar-refractivity contribution in [2.24, 2.45) is 0 Å². The minimum absolute atomic E-state index is 0.168. The van der Waals surface area contributed by atoms with Crippen molar-refractivity contribution in [1.82, 2.24) is 17.6 Å². The Balaban J connectivity index is 1.89. The molecule has 19 heavy (non-hydrogen) atoms. The quantitative estimate of drug-likeness (QED) is 0.714. The van der Waals surface area contributed by atoms with Gasteiger partial charge in [-0.15, -0.1) is 0 Å². The fourth-order valence-corrected chi connectivity index (χ4v) is 4.36. The maximum absolute atomic E-state index is 12.3. The third-order valence-electron chi connectivity index (χ3n) is 2.94. The van der Waals surface area contributed by atoms with Crippen molar-refractivity contribution in [2.45, 2.75) is 0 Å². The molecule has 1 aliphatic rings. The third kappa shape index (κ3) is 2.65. The molecule has 1 aromatic heterocycles. The second kappa shape index (κ2) is 5.18. The molecule has 0 spiro atoms. The van der Waals surface area contributed by atoms with E-state index in [9.17, 15) is 8.42 Å². The van der Waals surface area contributed by atoms with E-state index >= 15 is 0 Å². The Labute approximate surface area is 117 Å². The molecule has 2 aromatic rings. The summed E-state index contributed by atoms with van der Waals surface area (Å²) in [5, 5.41) is 3.13. The van der Waals surface area contributed by atoms with Crippen LogP contribution >= 0.6 is 0 Å². The van der Waals surface area contributed by atoms with Gasteiger partial charge in [0, 0.05) is 0 Å². The Bertz CT molecular complexity index is 680. The predicted molar refractivity (Wildman–Crippen MR) is 73.5 cm³/mol. The van der Waals surface area contributed by atoms with Crippen LogP contribution in [0, 0.1) is 0 Å². The molecule has 102 valence electrons. The summed E-state index contributed by atoms with van der Waals surface area (Å²) in [6.07, 6.45) is 0. The van der Waals surface area contributed by atoms with E-state index in [2.05, 4.69) is 18.0 Å². The number of fused-ring (bicyclic) bond motifs is 1. The first-order valence-electron chi connectivity index (χ1n) is 5.87. The first-order valence-corrected chi connectivity index (χ1v) is 8.84. The Kier molecular flexibility index (Phi) is 3.55. The van der Waals surface area contributed by atoms with Crippen molar-refractivity contribution in [3.63, 3.8) is 0 Å². The van der Waals surface area contributed by atoms with Crippen LogP contribution in [0.2, 0.25) is 0 Å². The molecule has 3 rings (SSSR count). The summed E-state index contributed by atoms with van der Waals surface area (Å²) >= 11 is -0.168. The summed E-state index contributed by atoms with van der Waals surface area (Å²) in [5.74, 6) is 0. The molecular formula is C10H13N5O2SSe. The number of nitrogens with one attached hydrogen (secondary N) is 2. The fourth-order valence-electron chi connectivity index (χ4n) is 1.98. The van der Waals surface area contributed by atoms with E-state index < -0.39 is 10.2 Å². The molecule has 0 saturated carbocycles. The SMILES string of the molecule is O=S(=O)(Nc1cccc2n[se]nc12)N1CCNCC1. The van der Waals surface area contributed by atoms with Gasteiger partial charge in [-0.2, -0.15) is 0 Å². The van der Waals surface area contributed by atoms with Gasteiger partial charge < -0.3 is 0 Å². The van der Waals surface area contributed by atoms with Crippen LogP contribution in [-0.4, -0.2) is 61.8 Å². The Hall–Kier alpha value is -0.991. The molecule has 0 amide bonds. The molecule has 0 unspecified atom stereocenters. The second-order valence-electron chi connectivity index (χ2n) is 4.19. The van der Waals surface area contributed by atoms with Gasteiger partial charge in [0.2, 0.25) is 0 Å². The van der Waals surface area contributed by atoms with Crippen molar-refractivity contribution in [3.05, 3.63) is 18.2 Å². The minimum atomic E-state index is -3.51. The van der Waals surface area contributed by atoms with Gasteiger partial charge in [-0.05, 0) is 0 Å². The van der Waals surface area contributed by atoms with Gasteiger partial charge in [-0.3, -0.25) is 0 Å². The predicted octanol–water partition coefficient (Wildman–Crippen LogP) is -0.751. The summed E-state index contributed by atoms with van der Waals surface area (Å²) in [5.41, 5.74) is 1.93. The zero-order valence-corrected chi connectivity index (χ0v) is 12.6. The summed E-state index contributed by atoms with van der Waals surface area (Å²) in [6, 6.07) is 5.35. The molecule has 0 aliphatic carbocycles. The summed E-state index contributed by atoms with van der Waals surface area (Å²) in [6.45, 7) is 2.32. The molecule has 2 heterocycles. The number of aromatic nitrogens is 2. The molecule has 7 nitrogen and oxygen atoms in total. The standard InChI is InChI=1S/C10H13N5O2SSe/c16-18(17,15-6-4-11-5-7-15)12-8-2-1-3-9-10(8)14-19-13-9/h1-3,11-12H,4-7H2. The monoisotopic (exact) mass is 347 g/mol. The van der Waals surface area contributed by atoms with Gasteiger partial charge in [-0.1, -0.05) is 0 Å². The van der Waals surface area contributed by atoms with Crippen molar-refractivity contribution < 1.29 is 8.42 Å². The van der Waals surface area contributed by atoms with E-state index in [1.54, 1.807) is 12.1 Å². The van der Waals surface area contributed by atoms with E-state index in [0.29, 0.717) is 37.4 Å². The number of anilines is 1. The van der Waals surface area contributed by atoms with Gasteiger partial charge in [0.15, 0.2) is 0 Å². The number of rotatable bonds is 3. The molecule has 2 N–H and O–H groups in total. The van der Waals surface area contributed by atoms with Crippen molar-refractivity contribution in [1.29, 1.82) is 0 Å². The summed E-state index contributed by atoms with van der Waals surface area (Å²) < 4.78 is 37.1. The maximum atomic E-state index is 12.3. The molecular weight excluding hydrogens is 333 g/mol. The molecule has 1 aliphatic heterocycles. The molecule has 1 fully saturated rings. The van der Waals surface area contributed by atoms with Crippen LogP contribution in [0.4, 0.5) is 5.69 Å². The van der Waals surface area contributed by atoms with Crippen LogP contribution in [-0.2, 0) is 10.2 Å². The molecule has 1 saturated heterocycles. The van der Waals surface area contributed by atoms with Gasteiger partial charge >= 0.3 is 117 Å². The van der Waals surface area contributed by atoms with Crippen molar-refractivity contribution >= 4 is 41.9 Å².